The molecule has 5 aromatic rings. The van der Waals surface area contributed by atoms with Crippen molar-refractivity contribution < 1.29 is 5.11 Å². The Kier molecular flexibility index (Phi) is 6.47. The van der Waals surface area contributed by atoms with E-state index < -0.39 is 0 Å². The van der Waals surface area contributed by atoms with E-state index in [2.05, 4.69) is 80.7 Å². The first-order valence-corrected chi connectivity index (χ1v) is 12.9. The number of H-pyrrole nitrogens is 1. The van der Waals surface area contributed by atoms with Crippen molar-refractivity contribution in [3.05, 3.63) is 91.0 Å². The Balaban J connectivity index is 1.19. The Bertz CT molecular complexity index is 1460. The van der Waals surface area contributed by atoms with Crippen LogP contribution < -0.4 is 4.90 Å². The predicted octanol–water partition coefficient (Wildman–Crippen LogP) is 4.64. The van der Waals surface area contributed by atoms with Crippen molar-refractivity contribution in [2.45, 2.75) is 19.6 Å². The van der Waals surface area contributed by atoms with Gasteiger partial charge in [0.2, 0.25) is 0 Å². The summed E-state index contributed by atoms with van der Waals surface area (Å²) in [5, 5.41) is 15.3. The second-order valence-electron chi connectivity index (χ2n) is 9.92. The minimum atomic E-state index is -0.275. The summed E-state index contributed by atoms with van der Waals surface area (Å²) >= 11 is 0. The van der Waals surface area contributed by atoms with Gasteiger partial charge >= 0.3 is 0 Å². The molecule has 37 heavy (non-hydrogen) atoms. The van der Waals surface area contributed by atoms with Crippen molar-refractivity contribution in [3.8, 4) is 22.3 Å². The second kappa shape index (κ2) is 10.2. The van der Waals surface area contributed by atoms with Gasteiger partial charge in [0.1, 0.15) is 5.65 Å². The van der Waals surface area contributed by atoms with Crippen molar-refractivity contribution in [1.82, 2.24) is 24.6 Å². The van der Waals surface area contributed by atoms with Gasteiger partial charge < -0.3 is 15.0 Å². The fourth-order valence-electron chi connectivity index (χ4n) is 5.19. The molecule has 1 atom stereocenters. The molecule has 7 nitrogen and oxygen atoms in total. The van der Waals surface area contributed by atoms with E-state index >= 15 is 0 Å². The number of piperazine rings is 1. The van der Waals surface area contributed by atoms with Crippen LogP contribution >= 0.6 is 0 Å². The number of benzene rings is 2. The van der Waals surface area contributed by atoms with Crippen LogP contribution in [0.4, 0.5) is 5.69 Å². The van der Waals surface area contributed by atoms with Crippen LogP contribution in [0.2, 0.25) is 0 Å². The smallest absolute Gasteiger partial charge is 0.137 e. The standard InChI is InChI=1S/C30H32N6O/c1-22(37)19-34-11-13-35(14-12-34)27-9-7-24(8-10-27)25-15-28-29(18-32-30(28)31-16-25)26-17-33-36(21-26)20-23-5-3-2-4-6-23/h2-10,15-18,21-22,37H,11-14,19-20H2,1H3,(H,31,32). The SMILES string of the molecule is CC(O)CN1CCN(c2ccc(-c3cnc4[nH]cc(-c5cnn(Cc6ccccc6)c5)c4c3)cc2)CC1. The molecule has 1 aliphatic rings. The maximum absolute atomic E-state index is 9.65. The topological polar surface area (TPSA) is 73.2 Å². The highest BCUT2D eigenvalue weighted by Crippen LogP contribution is 2.31. The molecule has 2 aromatic carbocycles. The lowest BCUT2D eigenvalue weighted by Crippen LogP contribution is -2.48. The zero-order chi connectivity index (χ0) is 25.2. The van der Waals surface area contributed by atoms with E-state index in [1.165, 1.54) is 11.3 Å². The lowest BCUT2D eigenvalue weighted by Gasteiger charge is -2.36. The normalized spacial score (nSPS) is 15.4. The van der Waals surface area contributed by atoms with Crippen LogP contribution in [0.3, 0.4) is 0 Å². The lowest BCUT2D eigenvalue weighted by molar-refractivity contribution is 0.123. The number of pyridine rings is 1. The van der Waals surface area contributed by atoms with Crippen LogP contribution in [-0.4, -0.2) is 68.6 Å². The summed E-state index contributed by atoms with van der Waals surface area (Å²) in [7, 11) is 0. The Hall–Kier alpha value is -3.94. The van der Waals surface area contributed by atoms with Gasteiger partial charge in [0.25, 0.3) is 0 Å². The number of fused-ring (bicyclic) bond motifs is 1. The number of hydrogen-bond acceptors (Lipinski definition) is 5. The number of nitrogens with one attached hydrogen (secondary N) is 1. The highest BCUT2D eigenvalue weighted by molar-refractivity contribution is 5.95. The average molecular weight is 493 g/mol. The maximum Gasteiger partial charge on any atom is 0.137 e. The summed E-state index contributed by atoms with van der Waals surface area (Å²) < 4.78 is 1.98. The van der Waals surface area contributed by atoms with Crippen LogP contribution in [0.1, 0.15) is 12.5 Å². The molecular weight excluding hydrogens is 460 g/mol. The maximum atomic E-state index is 9.65. The summed E-state index contributed by atoms with van der Waals surface area (Å²) in [6.45, 7) is 7.25. The van der Waals surface area contributed by atoms with E-state index in [1.54, 1.807) is 0 Å². The zero-order valence-electron chi connectivity index (χ0n) is 21.1. The molecule has 6 rings (SSSR count). The molecule has 4 heterocycles. The fourth-order valence-corrected chi connectivity index (χ4v) is 5.19. The molecule has 1 saturated heterocycles. The van der Waals surface area contributed by atoms with Gasteiger partial charge in [-0.3, -0.25) is 9.58 Å². The third-order valence-corrected chi connectivity index (χ3v) is 7.12. The van der Waals surface area contributed by atoms with Gasteiger partial charge in [0.05, 0.1) is 18.8 Å². The molecule has 0 amide bonds. The summed E-state index contributed by atoms with van der Waals surface area (Å²) in [6.07, 6.45) is 7.70. The molecule has 3 aromatic heterocycles. The summed E-state index contributed by atoms with van der Waals surface area (Å²) in [5.41, 5.74) is 7.77. The number of aromatic amines is 1. The van der Waals surface area contributed by atoms with Crippen LogP contribution in [0.15, 0.2) is 85.5 Å². The number of rotatable bonds is 7. The number of hydrogen-bond donors (Lipinski definition) is 2. The van der Waals surface area contributed by atoms with Gasteiger partial charge in [0, 0.05) is 79.1 Å². The quantitative estimate of drug-likeness (QED) is 0.346. The van der Waals surface area contributed by atoms with Gasteiger partial charge in [-0.2, -0.15) is 5.10 Å². The number of aliphatic hydroxyl groups excluding tert-OH is 1. The van der Waals surface area contributed by atoms with Crippen LogP contribution in [-0.2, 0) is 6.54 Å². The molecule has 2 N–H and O–H groups in total. The van der Waals surface area contributed by atoms with E-state index in [4.69, 9.17) is 4.98 Å². The van der Waals surface area contributed by atoms with Gasteiger partial charge in [-0.25, -0.2) is 4.98 Å². The van der Waals surface area contributed by atoms with Crippen molar-refractivity contribution in [3.63, 3.8) is 0 Å². The number of aromatic nitrogens is 4. The highest BCUT2D eigenvalue weighted by atomic mass is 16.3. The van der Waals surface area contributed by atoms with Crippen molar-refractivity contribution in [1.29, 1.82) is 0 Å². The first-order chi connectivity index (χ1) is 18.1. The van der Waals surface area contributed by atoms with Crippen LogP contribution in [0.25, 0.3) is 33.3 Å². The largest absolute Gasteiger partial charge is 0.392 e. The molecule has 1 unspecified atom stereocenters. The Morgan fingerprint density at radius 3 is 2.46 bits per heavy atom. The van der Waals surface area contributed by atoms with Crippen LogP contribution in [0, 0.1) is 0 Å². The predicted molar refractivity (Wildman–Crippen MR) is 149 cm³/mol. The van der Waals surface area contributed by atoms with Gasteiger partial charge in [-0.15, -0.1) is 0 Å². The Labute approximate surface area is 217 Å². The number of aliphatic hydroxyl groups is 1. The van der Waals surface area contributed by atoms with Gasteiger partial charge in [-0.1, -0.05) is 42.5 Å². The minimum Gasteiger partial charge on any atom is -0.392 e. The molecular formula is C30H32N6O. The van der Waals surface area contributed by atoms with Crippen molar-refractivity contribution in [2.75, 3.05) is 37.6 Å². The molecule has 7 heteroatoms. The highest BCUT2D eigenvalue weighted by Gasteiger charge is 2.18. The Morgan fingerprint density at radius 1 is 0.919 bits per heavy atom. The number of anilines is 1. The lowest BCUT2D eigenvalue weighted by atomic mass is 10.0. The van der Waals surface area contributed by atoms with E-state index in [9.17, 15) is 5.11 Å². The molecule has 0 spiro atoms. The van der Waals surface area contributed by atoms with Gasteiger partial charge in [-0.05, 0) is 36.2 Å². The molecule has 1 fully saturated rings. The fraction of sp³-hybridized carbons (Fsp3) is 0.267. The zero-order valence-corrected chi connectivity index (χ0v) is 21.1. The molecule has 0 bridgehead atoms. The minimum absolute atomic E-state index is 0.275. The Morgan fingerprint density at radius 2 is 1.70 bits per heavy atom. The van der Waals surface area contributed by atoms with E-state index in [0.29, 0.717) is 0 Å². The molecule has 1 aliphatic heterocycles. The number of β-amino-alcohol motifs (C(OH)–C–C–N with tert-alkyl or cyclic N) is 1. The third-order valence-electron chi connectivity index (χ3n) is 7.12. The second-order valence-corrected chi connectivity index (χ2v) is 9.92. The average Bonchev–Trinajstić information content (AvgIpc) is 3.56. The molecule has 188 valence electrons. The summed E-state index contributed by atoms with van der Waals surface area (Å²) in [5.74, 6) is 0. The van der Waals surface area contributed by atoms with Crippen molar-refractivity contribution >= 4 is 16.7 Å². The summed E-state index contributed by atoms with van der Waals surface area (Å²) in [6, 6.07) is 21.4. The monoisotopic (exact) mass is 492 g/mol. The van der Waals surface area contributed by atoms with Crippen molar-refractivity contribution in [2.24, 2.45) is 0 Å². The first-order valence-electron chi connectivity index (χ1n) is 12.9. The van der Waals surface area contributed by atoms with E-state index in [1.807, 2.05) is 36.3 Å². The molecule has 0 aliphatic carbocycles. The first kappa shape index (κ1) is 23.5. The third kappa shape index (κ3) is 5.14. The van der Waals surface area contributed by atoms with E-state index in [-0.39, 0.29) is 6.10 Å². The molecule has 0 radical (unpaired) electrons. The van der Waals surface area contributed by atoms with E-state index in [0.717, 1.165) is 72.6 Å². The molecule has 0 saturated carbocycles. The summed E-state index contributed by atoms with van der Waals surface area (Å²) in [4.78, 5) is 12.8. The number of nitrogens with zero attached hydrogens (tertiary/aromatic N) is 5. The van der Waals surface area contributed by atoms with Crippen LogP contribution in [0.5, 0.6) is 0 Å². The van der Waals surface area contributed by atoms with Gasteiger partial charge in [0.15, 0.2) is 0 Å².